The first-order valence-corrected chi connectivity index (χ1v) is 11.9. The van der Waals surface area contributed by atoms with Gasteiger partial charge in [-0.2, -0.15) is 13.2 Å². The fraction of sp³-hybridized carbons (Fsp3) is 0.500. The van der Waals surface area contributed by atoms with Gasteiger partial charge >= 0.3 is 12.3 Å². The molecule has 0 radical (unpaired) electrons. The molecular formula is C24H26F3N5O4. The topological polar surface area (TPSA) is 96.9 Å². The molecule has 1 atom stereocenters. The number of piperidine rings is 1. The molecule has 9 nitrogen and oxygen atoms in total. The highest BCUT2D eigenvalue weighted by Gasteiger charge is 2.40. The van der Waals surface area contributed by atoms with Crippen LogP contribution in [0.5, 0.6) is 0 Å². The van der Waals surface area contributed by atoms with Crippen molar-refractivity contribution in [2.75, 3.05) is 36.0 Å². The highest BCUT2D eigenvalue weighted by molar-refractivity contribution is 5.95. The predicted molar refractivity (Wildman–Crippen MR) is 123 cm³/mol. The van der Waals surface area contributed by atoms with Gasteiger partial charge in [0.2, 0.25) is 5.95 Å². The molecule has 0 bridgehead atoms. The second-order valence-electron chi connectivity index (χ2n) is 9.05. The molecule has 3 aliphatic rings. The second-order valence-corrected chi connectivity index (χ2v) is 9.05. The Bertz CT molecular complexity index is 1130. The molecule has 5 rings (SSSR count). The van der Waals surface area contributed by atoms with Crippen LogP contribution in [0, 0.1) is 0 Å². The summed E-state index contributed by atoms with van der Waals surface area (Å²) in [7, 11) is 0. The summed E-state index contributed by atoms with van der Waals surface area (Å²) in [5.74, 6) is -0.983. The van der Waals surface area contributed by atoms with E-state index in [1.807, 2.05) is 24.3 Å². The summed E-state index contributed by atoms with van der Waals surface area (Å²) in [4.78, 5) is 36.1. The van der Waals surface area contributed by atoms with Crippen LogP contribution < -0.4 is 15.1 Å². The number of rotatable bonds is 5. The number of hydrogen-bond acceptors (Lipinski definition) is 7. The molecule has 192 valence electrons. The van der Waals surface area contributed by atoms with Gasteiger partial charge in [0, 0.05) is 44.0 Å². The van der Waals surface area contributed by atoms with E-state index in [0.29, 0.717) is 32.5 Å². The van der Waals surface area contributed by atoms with Crippen molar-refractivity contribution in [3.8, 4) is 0 Å². The fourth-order valence-electron chi connectivity index (χ4n) is 4.86. The van der Waals surface area contributed by atoms with Crippen molar-refractivity contribution >= 4 is 23.6 Å². The van der Waals surface area contributed by atoms with Crippen molar-refractivity contribution in [3.05, 3.63) is 47.3 Å². The Labute approximate surface area is 205 Å². The van der Waals surface area contributed by atoms with Crippen LogP contribution in [0.15, 0.2) is 30.5 Å². The number of nitrogens with one attached hydrogen (secondary N) is 1. The molecule has 2 fully saturated rings. The molecule has 36 heavy (non-hydrogen) atoms. The lowest BCUT2D eigenvalue weighted by molar-refractivity contribution is -0.141. The number of carbonyl (C=O) groups excluding carboxylic acids is 2. The number of amides is 2. The molecule has 0 saturated carbocycles. The number of para-hydroxylation sites is 1. The van der Waals surface area contributed by atoms with Gasteiger partial charge in [-0.3, -0.25) is 9.69 Å². The molecule has 2 amide bonds. The zero-order valence-corrected chi connectivity index (χ0v) is 19.5. The van der Waals surface area contributed by atoms with Crippen LogP contribution in [-0.2, 0) is 22.3 Å². The lowest BCUT2D eigenvalue weighted by Gasteiger charge is -2.40. The zero-order chi connectivity index (χ0) is 25.3. The number of aromatic nitrogens is 2. The Balaban J connectivity index is 1.29. The van der Waals surface area contributed by atoms with Crippen molar-refractivity contribution in [1.29, 1.82) is 0 Å². The van der Waals surface area contributed by atoms with Crippen LogP contribution in [0.3, 0.4) is 0 Å². The maximum Gasteiger partial charge on any atom is 0.434 e. The number of nitrogens with zero attached hydrogens (tertiary/aromatic N) is 4. The van der Waals surface area contributed by atoms with Crippen molar-refractivity contribution in [1.82, 2.24) is 15.3 Å². The van der Waals surface area contributed by atoms with Crippen LogP contribution in [0.4, 0.5) is 29.6 Å². The minimum absolute atomic E-state index is 0.0990. The van der Waals surface area contributed by atoms with Gasteiger partial charge in [0.05, 0.1) is 17.4 Å². The number of hydrogen-bond donors (Lipinski definition) is 1. The van der Waals surface area contributed by atoms with Crippen molar-refractivity contribution in [3.63, 3.8) is 0 Å². The summed E-state index contributed by atoms with van der Waals surface area (Å²) < 4.78 is 52.2. The van der Waals surface area contributed by atoms with Gasteiger partial charge in [0.25, 0.3) is 5.91 Å². The standard InChI is InChI=1S/C24H26F3N5O4/c25-24(26,27)20-18(21(33)28-12-17-5-3-11-35-17)13-29-22(30-20)31-9-7-16(8-10-31)32-19-6-2-1-4-15(19)14-36-23(32)34/h1-2,4,6,13,16-17H,3,5,7-12,14H2,(H,28,33). The van der Waals surface area contributed by atoms with E-state index in [9.17, 15) is 22.8 Å². The number of ether oxygens (including phenoxy) is 2. The summed E-state index contributed by atoms with van der Waals surface area (Å²) in [6, 6.07) is 7.32. The van der Waals surface area contributed by atoms with E-state index in [1.165, 1.54) is 0 Å². The number of carbonyl (C=O) groups is 2. The minimum atomic E-state index is -4.83. The third-order valence-corrected chi connectivity index (χ3v) is 6.71. The van der Waals surface area contributed by atoms with E-state index < -0.39 is 29.4 Å². The Morgan fingerprint density at radius 3 is 2.67 bits per heavy atom. The molecule has 3 aliphatic heterocycles. The first-order valence-electron chi connectivity index (χ1n) is 11.9. The largest absolute Gasteiger partial charge is 0.444 e. The van der Waals surface area contributed by atoms with Crippen LogP contribution in [0.2, 0.25) is 0 Å². The Hall–Kier alpha value is -3.41. The van der Waals surface area contributed by atoms with E-state index in [4.69, 9.17) is 9.47 Å². The molecule has 1 aromatic heterocycles. The molecule has 1 aromatic carbocycles. The van der Waals surface area contributed by atoms with Crippen molar-refractivity contribution in [2.24, 2.45) is 0 Å². The van der Waals surface area contributed by atoms with Gasteiger partial charge in [-0.25, -0.2) is 14.8 Å². The van der Waals surface area contributed by atoms with E-state index in [0.717, 1.165) is 30.3 Å². The van der Waals surface area contributed by atoms with Crippen molar-refractivity contribution < 1.29 is 32.2 Å². The van der Waals surface area contributed by atoms with Crippen LogP contribution >= 0.6 is 0 Å². The van der Waals surface area contributed by atoms with E-state index in [1.54, 1.807) is 9.80 Å². The smallest absolute Gasteiger partial charge is 0.434 e. The Kier molecular flexibility index (Phi) is 6.69. The third kappa shape index (κ3) is 4.95. The van der Waals surface area contributed by atoms with Crippen LogP contribution in [0.1, 0.15) is 47.3 Å². The number of benzene rings is 1. The predicted octanol–water partition coefficient (Wildman–Crippen LogP) is 3.53. The fourth-order valence-corrected chi connectivity index (χ4v) is 4.86. The maximum atomic E-state index is 13.8. The zero-order valence-electron chi connectivity index (χ0n) is 19.5. The van der Waals surface area contributed by atoms with Gasteiger partial charge in [0.15, 0.2) is 5.69 Å². The van der Waals surface area contributed by atoms with Crippen molar-refractivity contribution in [2.45, 2.75) is 50.6 Å². The quantitative estimate of drug-likeness (QED) is 0.664. The Morgan fingerprint density at radius 1 is 1.17 bits per heavy atom. The highest BCUT2D eigenvalue weighted by atomic mass is 19.4. The normalized spacial score (nSPS) is 20.8. The average molecular weight is 505 g/mol. The first-order chi connectivity index (χ1) is 17.3. The summed E-state index contributed by atoms with van der Waals surface area (Å²) in [5.41, 5.74) is -0.188. The maximum absolute atomic E-state index is 13.8. The molecule has 4 heterocycles. The Morgan fingerprint density at radius 2 is 1.94 bits per heavy atom. The summed E-state index contributed by atoms with van der Waals surface area (Å²) >= 11 is 0. The third-order valence-electron chi connectivity index (χ3n) is 6.71. The lowest BCUT2D eigenvalue weighted by Crippen LogP contribution is -2.49. The molecule has 1 N–H and O–H groups in total. The first kappa shape index (κ1) is 24.3. The number of cyclic esters (lactones) is 1. The van der Waals surface area contributed by atoms with Gasteiger partial charge in [-0.05, 0) is 31.7 Å². The molecule has 12 heteroatoms. The van der Waals surface area contributed by atoms with Crippen LogP contribution in [-0.4, -0.2) is 60.4 Å². The molecule has 2 aromatic rings. The van der Waals surface area contributed by atoms with Gasteiger partial charge in [-0.15, -0.1) is 0 Å². The number of anilines is 2. The van der Waals surface area contributed by atoms with Gasteiger partial charge in [0.1, 0.15) is 6.61 Å². The monoisotopic (exact) mass is 505 g/mol. The summed E-state index contributed by atoms with van der Waals surface area (Å²) in [6.45, 7) is 1.62. The molecule has 2 saturated heterocycles. The lowest BCUT2D eigenvalue weighted by atomic mass is 10.0. The van der Waals surface area contributed by atoms with Gasteiger partial charge < -0.3 is 19.7 Å². The summed E-state index contributed by atoms with van der Waals surface area (Å²) in [5, 5.41) is 2.50. The van der Waals surface area contributed by atoms with E-state index in [-0.39, 0.29) is 31.2 Å². The minimum Gasteiger partial charge on any atom is -0.444 e. The number of halogens is 3. The molecule has 0 spiro atoms. The molecule has 1 unspecified atom stereocenters. The molecule has 0 aliphatic carbocycles. The summed E-state index contributed by atoms with van der Waals surface area (Å²) in [6.07, 6.45) is -1.92. The SMILES string of the molecule is O=C(NCC1CCCO1)c1cnc(N2CCC(N3C(=O)OCc4ccccc43)CC2)nc1C(F)(F)F. The number of alkyl halides is 3. The van der Waals surface area contributed by atoms with Gasteiger partial charge in [-0.1, -0.05) is 18.2 Å². The highest BCUT2D eigenvalue weighted by Crippen LogP contribution is 2.34. The average Bonchev–Trinajstić information content (AvgIpc) is 3.40. The van der Waals surface area contributed by atoms with Crippen LogP contribution in [0.25, 0.3) is 0 Å². The second kappa shape index (κ2) is 9.92. The van der Waals surface area contributed by atoms with E-state index in [2.05, 4.69) is 15.3 Å². The van der Waals surface area contributed by atoms with E-state index >= 15 is 0 Å². The number of fused-ring (bicyclic) bond motifs is 1. The molecular weight excluding hydrogens is 479 g/mol.